The van der Waals surface area contributed by atoms with Crippen LogP contribution >= 0.6 is 0 Å². The molecule has 2 fully saturated rings. The van der Waals surface area contributed by atoms with Crippen molar-refractivity contribution in [3.05, 3.63) is 41.5 Å². The maximum atomic E-state index is 12.6. The zero-order valence-electron chi connectivity index (χ0n) is 12.9. The molecule has 0 spiro atoms. The van der Waals surface area contributed by atoms with Crippen molar-refractivity contribution in [1.29, 1.82) is 0 Å². The molecular formula is C18H20N2O2. The third-order valence-corrected chi connectivity index (χ3v) is 5.51. The number of rotatable bonds is 3. The van der Waals surface area contributed by atoms with Gasteiger partial charge in [0, 0.05) is 5.69 Å². The quantitative estimate of drug-likeness (QED) is 0.688. The minimum Gasteiger partial charge on any atom is -0.367 e. The summed E-state index contributed by atoms with van der Waals surface area (Å²) < 4.78 is 0. The number of likely N-dealkylation sites (tertiary alicyclic amines) is 1. The average Bonchev–Trinajstić information content (AvgIpc) is 3.16. The van der Waals surface area contributed by atoms with Crippen LogP contribution in [0.5, 0.6) is 0 Å². The Morgan fingerprint density at radius 3 is 2.27 bits per heavy atom. The minimum absolute atomic E-state index is 0.00295. The molecule has 0 radical (unpaired) electrons. The van der Waals surface area contributed by atoms with Gasteiger partial charge < -0.3 is 5.32 Å². The molecule has 1 saturated heterocycles. The number of anilines is 1. The molecule has 2 aliphatic carbocycles. The number of allylic oxidation sites excluding steroid dienone is 2. The summed E-state index contributed by atoms with van der Waals surface area (Å²) in [6.45, 7) is 4.39. The molecule has 4 heteroatoms. The van der Waals surface area contributed by atoms with Gasteiger partial charge in [-0.1, -0.05) is 18.2 Å². The molecule has 0 aromatic heterocycles. The van der Waals surface area contributed by atoms with Crippen molar-refractivity contribution in [3.8, 4) is 0 Å². The number of hydrogen-bond donors (Lipinski definition) is 1. The highest BCUT2D eigenvalue weighted by Crippen LogP contribution is 2.52. The number of nitrogens with one attached hydrogen (secondary N) is 1. The smallest absolute Gasteiger partial charge is 0.235 e. The van der Waals surface area contributed by atoms with Crippen molar-refractivity contribution in [2.75, 3.05) is 12.0 Å². The summed E-state index contributed by atoms with van der Waals surface area (Å²) in [6.07, 6.45) is 5.22. The molecule has 1 heterocycles. The average molecular weight is 296 g/mol. The number of hydrogen-bond acceptors (Lipinski definition) is 3. The monoisotopic (exact) mass is 296 g/mol. The fraction of sp³-hybridized carbons (Fsp3) is 0.444. The van der Waals surface area contributed by atoms with Crippen molar-refractivity contribution in [2.45, 2.75) is 20.3 Å². The molecule has 1 aromatic rings. The highest BCUT2D eigenvalue weighted by molar-refractivity contribution is 6.06. The van der Waals surface area contributed by atoms with Crippen LogP contribution in [0.1, 0.15) is 17.5 Å². The summed E-state index contributed by atoms with van der Waals surface area (Å²) in [5.41, 5.74) is 3.38. The summed E-state index contributed by atoms with van der Waals surface area (Å²) in [5, 5.41) is 3.22. The third-order valence-electron chi connectivity index (χ3n) is 5.51. The van der Waals surface area contributed by atoms with Gasteiger partial charge in [-0.25, -0.2) is 0 Å². The molecule has 1 N–H and O–H groups in total. The van der Waals surface area contributed by atoms with Crippen LogP contribution in [0.2, 0.25) is 0 Å². The number of carbonyl (C=O) groups is 2. The Morgan fingerprint density at radius 1 is 1.05 bits per heavy atom. The first-order valence-corrected chi connectivity index (χ1v) is 7.91. The fourth-order valence-electron chi connectivity index (χ4n) is 4.14. The van der Waals surface area contributed by atoms with E-state index < -0.39 is 0 Å². The Labute approximate surface area is 130 Å². The molecule has 4 atom stereocenters. The molecule has 4 unspecified atom stereocenters. The van der Waals surface area contributed by atoms with E-state index in [0.29, 0.717) is 0 Å². The molecule has 3 aliphatic rings. The van der Waals surface area contributed by atoms with Crippen molar-refractivity contribution >= 4 is 17.5 Å². The normalized spacial score (nSPS) is 32.0. The molecule has 1 saturated carbocycles. The first-order chi connectivity index (χ1) is 10.6. The summed E-state index contributed by atoms with van der Waals surface area (Å²) in [6, 6.07) is 6.08. The Bertz CT molecular complexity index is 664. The van der Waals surface area contributed by atoms with Crippen LogP contribution in [-0.4, -0.2) is 23.4 Å². The highest BCUT2D eigenvalue weighted by atomic mass is 16.2. The first kappa shape index (κ1) is 13.6. The van der Waals surface area contributed by atoms with E-state index >= 15 is 0 Å². The van der Waals surface area contributed by atoms with Crippen LogP contribution < -0.4 is 5.32 Å². The summed E-state index contributed by atoms with van der Waals surface area (Å²) >= 11 is 0. The summed E-state index contributed by atoms with van der Waals surface area (Å²) in [7, 11) is 0. The lowest BCUT2D eigenvalue weighted by molar-refractivity contribution is -0.140. The number of nitrogens with zero attached hydrogens (tertiary/aromatic N) is 1. The van der Waals surface area contributed by atoms with Crippen LogP contribution in [0.15, 0.2) is 30.4 Å². The molecular weight excluding hydrogens is 276 g/mol. The molecule has 1 aliphatic heterocycles. The zero-order valence-corrected chi connectivity index (χ0v) is 12.9. The van der Waals surface area contributed by atoms with Gasteiger partial charge >= 0.3 is 0 Å². The number of carbonyl (C=O) groups excluding carboxylic acids is 2. The van der Waals surface area contributed by atoms with E-state index in [1.165, 1.54) is 16.0 Å². The van der Waals surface area contributed by atoms with E-state index in [2.05, 4.69) is 31.3 Å². The maximum Gasteiger partial charge on any atom is 0.235 e. The number of amides is 2. The predicted octanol–water partition coefficient (Wildman–Crippen LogP) is 2.48. The van der Waals surface area contributed by atoms with Crippen molar-refractivity contribution in [3.63, 3.8) is 0 Å². The van der Waals surface area contributed by atoms with Gasteiger partial charge in [-0.05, 0) is 55.4 Å². The van der Waals surface area contributed by atoms with Gasteiger partial charge in [0.15, 0.2) is 0 Å². The van der Waals surface area contributed by atoms with Gasteiger partial charge in [0.05, 0.1) is 18.5 Å². The van der Waals surface area contributed by atoms with Crippen LogP contribution in [0, 0.1) is 37.5 Å². The van der Waals surface area contributed by atoms with Gasteiger partial charge in [0.2, 0.25) is 11.8 Å². The Balaban J connectivity index is 1.49. The van der Waals surface area contributed by atoms with Crippen LogP contribution in [0.25, 0.3) is 0 Å². The molecule has 4 nitrogen and oxygen atoms in total. The Kier molecular flexibility index (Phi) is 2.90. The molecule has 22 heavy (non-hydrogen) atoms. The number of imide groups is 1. The van der Waals surface area contributed by atoms with Gasteiger partial charge in [-0.15, -0.1) is 0 Å². The van der Waals surface area contributed by atoms with Gasteiger partial charge in [-0.2, -0.15) is 0 Å². The topological polar surface area (TPSA) is 49.4 Å². The largest absolute Gasteiger partial charge is 0.367 e. The Morgan fingerprint density at radius 2 is 1.68 bits per heavy atom. The SMILES string of the molecule is Cc1ccc(NCN2C(=O)C3C4C=CC(C4)C3C2=O)cc1C. The first-order valence-electron chi connectivity index (χ1n) is 7.91. The fourth-order valence-corrected chi connectivity index (χ4v) is 4.14. The van der Waals surface area contributed by atoms with Gasteiger partial charge in [0.1, 0.15) is 0 Å². The predicted molar refractivity (Wildman–Crippen MR) is 84.0 cm³/mol. The lowest BCUT2D eigenvalue weighted by atomic mass is 9.85. The highest BCUT2D eigenvalue weighted by Gasteiger charge is 2.59. The summed E-state index contributed by atoms with van der Waals surface area (Å²) in [5.74, 6) is 0.343. The van der Waals surface area contributed by atoms with E-state index in [9.17, 15) is 9.59 Å². The van der Waals surface area contributed by atoms with E-state index in [-0.39, 0.29) is 42.2 Å². The van der Waals surface area contributed by atoms with Crippen LogP contribution in [0.4, 0.5) is 5.69 Å². The lowest BCUT2D eigenvalue weighted by Crippen LogP contribution is -2.37. The van der Waals surface area contributed by atoms with Crippen molar-refractivity contribution in [2.24, 2.45) is 23.7 Å². The second-order valence-electron chi connectivity index (χ2n) is 6.74. The summed E-state index contributed by atoms with van der Waals surface area (Å²) in [4.78, 5) is 26.5. The molecule has 114 valence electrons. The molecule has 2 bridgehead atoms. The van der Waals surface area contributed by atoms with E-state index in [4.69, 9.17) is 0 Å². The van der Waals surface area contributed by atoms with E-state index in [0.717, 1.165) is 12.1 Å². The van der Waals surface area contributed by atoms with Crippen molar-refractivity contribution in [1.82, 2.24) is 4.90 Å². The van der Waals surface area contributed by atoms with Crippen LogP contribution in [-0.2, 0) is 9.59 Å². The maximum absolute atomic E-state index is 12.6. The molecule has 1 aromatic carbocycles. The molecule has 4 rings (SSSR count). The number of aryl methyl sites for hydroxylation is 2. The van der Waals surface area contributed by atoms with E-state index in [1.54, 1.807) is 0 Å². The minimum atomic E-state index is -0.107. The van der Waals surface area contributed by atoms with Crippen LogP contribution in [0.3, 0.4) is 0 Å². The zero-order chi connectivity index (χ0) is 15.4. The van der Waals surface area contributed by atoms with E-state index in [1.807, 2.05) is 18.2 Å². The third kappa shape index (κ3) is 1.83. The van der Waals surface area contributed by atoms with Crippen molar-refractivity contribution < 1.29 is 9.59 Å². The Hall–Kier alpha value is -2.10. The lowest BCUT2D eigenvalue weighted by Gasteiger charge is -2.18. The number of fused-ring (bicyclic) bond motifs is 5. The second-order valence-corrected chi connectivity index (χ2v) is 6.74. The standard InChI is InChI=1S/C18H20N2O2/c1-10-3-6-14(7-11(10)2)19-9-20-17(21)15-12-4-5-13(8-12)16(15)18(20)22/h3-7,12-13,15-16,19H,8-9H2,1-2H3. The number of benzene rings is 1. The molecule has 2 amide bonds. The van der Waals surface area contributed by atoms with Gasteiger partial charge in [-0.3, -0.25) is 14.5 Å². The second kappa shape index (κ2) is 4.70. The van der Waals surface area contributed by atoms with Gasteiger partial charge in [0.25, 0.3) is 0 Å².